The number of carbonyl (C=O) groups excluding carboxylic acids is 1. The van der Waals surface area contributed by atoms with E-state index in [9.17, 15) is 4.79 Å². The highest BCUT2D eigenvalue weighted by Crippen LogP contribution is 2.29. The summed E-state index contributed by atoms with van der Waals surface area (Å²) < 4.78 is 6.28. The fourth-order valence-electron chi connectivity index (χ4n) is 1.71. The quantitative estimate of drug-likeness (QED) is 0.901. The third-order valence-electron chi connectivity index (χ3n) is 2.68. The second kappa shape index (κ2) is 5.95. The molecule has 0 saturated carbocycles. The number of rotatable bonds is 3. The molecule has 1 aromatic carbocycles. The highest BCUT2D eigenvalue weighted by Gasteiger charge is 2.25. The Morgan fingerprint density at radius 2 is 1.79 bits per heavy atom. The number of halogens is 1. The maximum Gasteiger partial charge on any atom is 0.407 e. The first-order valence-electron chi connectivity index (χ1n) is 6.34. The van der Waals surface area contributed by atoms with E-state index in [0.29, 0.717) is 6.54 Å². The van der Waals surface area contributed by atoms with Gasteiger partial charge in [0.05, 0.1) is 0 Å². The van der Waals surface area contributed by atoms with Gasteiger partial charge in [-0.15, -0.1) is 0 Å². The zero-order valence-electron chi connectivity index (χ0n) is 12.2. The Kier molecular flexibility index (Phi) is 5.02. The molecular formula is C15H22BrNO2. The van der Waals surface area contributed by atoms with Crippen LogP contribution in [-0.4, -0.2) is 18.2 Å². The molecule has 0 aliphatic heterocycles. The maximum atomic E-state index is 11.7. The summed E-state index contributed by atoms with van der Waals surface area (Å²) in [6, 6.07) is 8.03. The Morgan fingerprint density at radius 3 is 2.32 bits per heavy atom. The molecule has 19 heavy (non-hydrogen) atoms. The minimum atomic E-state index is -0.471. The molecule has 106 valence electrons. The SMILES string of the molecule is CC(C)(C)OC(=O)NCC(C)(C)c1ccccc1Br. The van der Waals surface area contributed by atoms with E-state index in [1.807, 2.05) is 39.0 Å². The summed E-state index contributed by atoms with van der Waals surface area (Å²) >= 11 is 3.54. The van der Waals surface area contributed by atoms with Gasteiger partial charge in [0.25, 0.3) is 0 Å². The number of carbonyl (C=O) groups is 1. The molecule has 1 rings (SSSR count). The van der Waals surface area contributed by atoms with Crippen LogP contribution in [0.5, 0.6) is 0 Å². The summed E-state index contributed by atoms with van der Waals surface area (Å²) in [7, 11) is 0. The number of hydrogen-bond donors (Lipinski definition) is 1. The van der Waals surface area contributed by atoms with Crippen molar-refractivity contribution in [1.82, 2.24) is 5.32 Å². The van der Waals surface area contributed by atoms with Crippen LogP contribution in [0.25, 0.3) is 0 Å². The standard InChI is InChI=1S/C15H22BrNO2/c1-14(2,3)19-13(18)17-10-15(4,5)11-8-6-7-9-12(11)16/h6-9H,10H2,1-5H3,(H,17,18). The van der Waals surface area contributed by atoms with Crippen molar-refractivity contribution in [2.75, 3.05) is 6.54 Å². The van der Waals surface area contributed by atoms with Crippen LogP contribution >= 0.6 is 15.9 Å². The topological polar surface area (TPSA) is 38.3 Å². The average molecular weight is 328 g/mol. The number of benzene rings is 1. The van der Waals surface area contributed by atoms with Gasteiger partial charge in [0, 0.05) is 16.4 Å². The van der Waals surface area contributed by atoms with Gasteiger partial charge in [-0.3, -0.25) is 0 Å². The lowest BCUT2D eigenvalue weighted by molar-refractivity contribution is 0.0517. The zero-order chi connectivity index (χ0) is 14.7. The molecule has 0 spiro atoms. The zero-order valence-corrected chi connectivity index (χ0v) is 13.8. The van der Waals surface area contributed by atoms with Crippen molar-refractivity contribution >= 4 is 22.0 Å². The van der Waals surface area contributed by atoms with E-state index in [1.54, 1.807) is 0 Å². The van der Waals surface area contributed by atoms with Crippen molar-refractivity contribution in [2.24, 2.45) is 0 Å². The lowest BCUT2D eigenvalue weighted by atomic mass is 9.85. The molecule has 0 saturated heterocycles. The van der Waals surface area contributed by atoms with Gasteiger partial charge in [0.2, 0.25) is 0 Å². The Labute approximate surface area is 123 Å². The Morgan fingerprint density at radius 1 is 1.21 bits per heavy atom. The summed E-state index contributed by atoms with van der Waals surface area (Å²) in [5.41, 5.74) is 0.518. The molecule has 0 aliphatic carbocycles. The van der Waals surface area contributed by atoms with E-state index in [0.717, 1.165) is 10.0 Å². The predicted octanol–water partition coefficient (Wildman–Crippen LogP) is 4.25. The van der Waals surface area contributed by atoms with E-state index in [1.165, 1.54) is 0 Å². The second-order valence-electron chi connectivity index (χ2n) is 6.22. The minimum Gasteiger partial charge on any atom is -0.444 e. The highest BCUT2D eigenvalue weighted by atomic mass is 79.9. The molecule has 0 aliphatic rings. The third-order valence-corrected chi connectivity index (χ3v) is 3.37. The fourth-order valence-corrected chi connectivity index (χ4v) is 2.53. The van der Waals surface area contributed by atoms with Crippen LogP contribution in [0.4, 0.5) is 4.79 Å². The maximum absolute atomic E-state index is 11.7. The van der Waals surface area contributed by atoms with Gasteiger partial charge in [-0.1, -0.05) is 48.0 Å². The molecule has 3 nitrogen and oxygen atoms in total. The number of amides is 1. The minimum absolute atomic E-state index is 0.170. The van der Waals surface area contributed by atoms with Crippen LogP contribution in [0, 0.1) is 0 Å². The molecule has 0 radical (unpaired) electrons. The molecule has 0 unspecified atom stereocenters. The Hall–Kier alpha value is -1.03. The molecule has 1 aromatic rings. The lowest BCUT2D eigenvalue weighted by Crippen LogP contribution is -2.39. The third kappa shape index (κ3) is 5.23. The van der Waals surface area contributed by atoms with Gasteiger partial charge in [0.1, 0.15) is 5.60 Å². The second-order valence-corrected chi connectivity index (χ2v) is 7.07. The monoisotopic (exact) mass is 327 g/mol. The van der Waals surface area contributed by atoms with Crippen LogP contribution in [0.3, 0.4) is 0 Å². The van der Waals surface area contributed by atoms with E-state index >= 15 is 0 Å². The first-order chi connectivity index (χ1) is 8.62. The Bertz CT molecular complexity index is 450. The number of nitrogens with one attached hydrogen (secondary N) is 1. The average Bonchev–Trinajstić information content (AvgIpc) is 2.24. The van der Waals surface area contributed by atoms with Crippen molar-refractivity contribution < 1.29 is 9.53 Å². The Balaban J connectivity index is 2.66. The van der Waals surface area contributed by atoms with Crippen molar-refractivity contribution in [1.29, 1.82) is 0 Å². The normalized spacial score (nSPS) is 12.1. The van der Waals surface area contributed by atoms with Crippen molar-refractivity contribution in [3.8, 4) is 0 Å². The summed E-state index contributed by atoms with van der Waals surface area (Å²) in [5.74, 6) is 0. The van der Waals surface area contributed by atoms with E-state index in [2.05, 4.69) is 41.2 Å². The van der Waals surface area contributed by atoms with Crippen molar-refractivity contribution in [3.63, 3.8) is 0 Å². The van der Waals surface area contributed by atoms with Crippen molar-refractivity contribution in [3.05, 3.63) is 34.3 Å². The molecular weight excluding hydrogens is 306 g/mol. The van der Waals surface area contributed by atoms with Gasteiger partial charge in [-0.25, -0.2) is 4.79 Å². The predicted molar refractivity (Wildman–Crippen MR) is 81.4 cm³/mol. The summed E-state index contributed by atoms with van der Waals surface area (Å²) in [5, 5.41) is 2.82. The van der Waals surface area contributed by atoms with E-state index < -0.39 is 5.60 Å². The van der Waals surface area contributed by atoms with E-state index in [-0.39, 0.29) is 11.5 Å². The fraction of sp³-hybridized carbons (Fsp3) is 0.533. The number of alkyl carbamates (subject to hydrolysis) is 1. The van der Waals surface area contributed by atoms with Crippen LogP contribution in [-0.2, 0) is 10.2 Å². The van der Waals surface area contributed by atoms with Gasteiger partial charge < -0.3 is 10.1 Å². The van der Waals surface area contributed by atoms with Crippen LogP contribution in [0.15, 0.2) is 28.7 Å². The smallest absolute Gasteiger partial charge is 0.407 e. The highest BCUT2D eigenvalue weighted by molar-refractivity contribution is 9.10. The number of ether oxygens (including phenoxy) is 1. The number of hydrogen-bond acceptors (Lipinski definition) is 2. The largest absolute Gasteiger partial charge is 0.444 e. The van der Waals surface area contributed by atoms with Crippen LogP contribution in [0.2, 0.25) is 0 Å². The molecule has 0 bridgehead atoms. The molecule has 1 N–H and O–H groups in total. The summed E-state index contributed by atoms with van der Waals surface area (Å²) in [6.07, 6.45) is -0.382. The summed E-state index contributed by atoms with van der Waals surface area (Å²) in [4.78, 5) is 11.7. The molecule has 4 heteroatoms. The molecule has 1 amide bonds. The van der Waals surface area contributed by atoms with Gasteiger partial charge >= 0.3 is 6.09 Å². The first kappa shape index (κ1) is 16.0. The molecule has 0 aromatic heterocycles. The van der Waals surface area contributed by atoms with Crippen molar-refractivity contribution in [2.45, 2.75) is 45.6 Å². The van der Waals surface area contributed by atoms with Crippen LogP contribution < -0.4 is 5.32 Å². The molecule has 0 heterocycles. The van der Waals surface area contributed by atoms with Gasteiger partial charge in [-0.05, 0) is 32.4 Å². The van der Waals surface area contributed by atoms with Gasteiger partial charge in [0.15, 0.2) is 0 Å². The van der Waals surface area contributed by atoms with Gasteiger partial charge in [-0.2, -0.15) is 0 Å². The van der Waals surface area contributed by atoms with E-state index in [4.69, 9.17) is 4.74 Å². The molecule has 0 atom stereocenters. The summed E-state index contributed by atoms with van der Waals surface area (Å²) in [6.45, 7) is 10.3. The first-order valence-corrected chi connectivity index (χ1v) is 7.13. The lowest BCUT2D eigenvalue weighted by Gasteiger charge is -2.28. The molecule has 0 fully saturated rings. The van der Waals surface area contributed by atoms with Crippen LogP contribution in [0.1, 0.15) is 40.2 Å².